The number of hydrogen-bond acceptors (Lipinski definition) is 7. The maximum absolute atomic E-state index is 10.9. The van der Waals surface area contributed by atoms with Gasteiger partial charge in [0.2, 0.25) is 6.79 Å². The summed E-state index contributed by atoms with van der Waals surface area (Å²) in [5.41, 5.74) is 1.93. The number of nitro groups is 1. The van der Waals surface area contributed by atoms with E-state index in [0.29, 0.717) is 42.3 Å². The molecule has 0 aliphatic carbocycles. The second-order valence-electron chi connectivity index (χ2n) is 6.66. The summed E-state index contributed by atoms with van der Waals surface area (Å²) < 4.78 is 22.3. The Labute approximate surface area is 155 Å². The molecule has 142 valence electrons. The molecule has 2 aromatic rings. The van der Waals surface area contributed by atoms with Crippen molar-refractivity contribution in [1.82, 2.24) is 0 Å². The van der Waals surface area contributed by atoms with Crippen molar-refractivity contribution in [2.24, 2.45) is 0 Å². The minimum Gasteiger partial charge on any atom is -0.454 e. The Balaban J connectivity index is 1.70. The van der Waals surface area contributed by atoms with Crippen LogP contribution < -0.4 is 9.47 Å². The second-order valence-corrected chi connectivity index (χ2v) is 6.66. The molecule has 27 heavy (non-hydrogen) atoms. The third-order valence-electron chi connectivity index (χ3n) is 4.76. The average molecular weight is 373 g/mol. The first-order valence-corrected chi connectivity index (χ1v) is 8.58. The third-order valence-corrected chi connectivity index (χ3v) is 4.76. The molecule has 0 bridgehead atoms. The van der Waals surface area contributed by atoms with Crippen molar-refractivity contribution >= 4 is 5.69 Å². The minimum absolute atomic E-state index is 0.0304. The van der Waals surface area contributed by atoms with Gasteiger partial charge in [0.1, 0.15) is 6.10 Å². The third kappa shape index (κ3) is 3.46. The second kappa shape index (κ2) is 6.80. The van der Waals surface area contributed by atoms with E-state index in [9.17, 15) is 15.2 Å². The molecule has 2 heterocycles. The number of ether oxygens (including phenoxy) is 4. The summed E-state index contributed by atoms with van der Waals surface area (Å²) in [5.74, 6) is 0.372. The topological polar surface area (TPSA) is 100 Å². The molecule has 4 rings (SSSR count). The first-order valence-electron chi connectivity index (χ1n) is 8.58. The van der Waals surface area contributed by atoms with Crippen LogP contribution in [0.5, 0.6) is 11.5 Å². The van der Waals surface area contributed by atoms with Crippen LogP contribution in [0.3, 0.4) is 0 Å². The van der Waals surface area contributed by atoms with Crippen LogP contribution in [0.15, 0.2) is 36.4 Å². The van der Waals surface area contributed by atoms with Crippen molar-refractivity contribution in [3.05, 3.63) is 63.2 Å². The Morgan fingerprint density at radius 2 is 1.78 bits per heavy atom. The van der Waals surface area contributed by atoms with E-state index in [4.69, 9.17) is 18.9 Å². The summed E-state index contributed by atoms with van der Waals surface area (Å²) in [6.07, 6.45) is -0.566. The zero-order valence-electron chi connectivity index (χ0n) is 14.7. The van der Waals surface area contributed by atoms with E-state index in [0.717, 1.165) is 5.56 Å². The molecule has 1 atom stereocenters. The summed E-state index contributed by atoms with van der Waals surface area (Å²) >= 11 is 0. The van der Waals surface area contributed by atoms with Crippen LogP contribution >= 0.6 is 0 Å². The highest BCUT2D eigenvalue weighted by molar-refractivity contribution is 5.51. The molecular weight excluding hydrogens is 354 g/mol. The van der Waals surface area contributed by atoms with Gasteiger partial charge in [0.15, 0.2) is 17.3 Å². The fraction of sp³-hybridized carbons (Fsp3) is 0.368. The lowest BCUT2D eigenvalue weighted by Gasteiger charge is -2.25. The molecule has 8 nitrogen and oxygen atoms in total. The number of nitrogens with zero attached hydrogens (tertiary/aromatic N) is 1. The van der Waals surface area contributed by atoms with E-state index >= 15 is 0 Å². The quantitative estimate of drug-likeness (QED) is 0.635. The molecule has 1 unspecified atom stereocenters. The zero-order chi connectivity index (χ0) is 19.0. The van der Waals surface area contributed by atoms with Crippen molar-refractivity contribution in [3.8, 4) is 11.5 Å². The Kier molecular flexibility index (Phi) is 4.47. The van der Waals surface area contributed by atoms with Crippen LogP contribution in [0.2, 0.25) is 0 Å². The molecule has 1 fully saturated rings. The number of aliphatic hydroxyl groups is 1. The molecule has 1 saturated heterocycles. The van der Waals surface area contributed by atoms with E-state index < -0.39 is 16.8 Å². The van der Waals surface area contributed by atoms with Gasteiger partial charge in [-0.15, -0.1) is 0 Å². The number of rotatable bonds is 5. The van der Waals surface area contributed by atoms with Crippen LogP contribution in [-0.2, 0) is 15.9 Å². The lowest BCUT2D eigenvalue weighted by Crippen LogP contribution is -2.29. The molecule has 0 radical (unpaired) electrons. The monoisotopic (exact) mass is 373 g/mol. The van der Waals surface area contributed by atoms with Crippen molar-refractivity contribution in [3.63, 3.8) is 0 Å². The first kappa shape index (κ1) is 17.7. The van der Waals surface area contributed by atoms with Gasteiger partial charge in [-0.05, 0) is 47.9 Å². The van der Waals surface area contributed by atoms with E-state index in [1.807, 2.05) is 13.0 Å². The van der Waals surface area contributed by atoms with Crippen molar-refractivity contribution in [2.75, 3.05) is 20.0 Å². The summed E-state index contributed by atoms with van der Waals surface area (Å²) in [4.78, 5) is 10.4. The van der Waals surface area contributed by atoms with Crippen LogP contribution in [0, 0.1) is 10.1 Å². The summed E-state index contributed by atoms with van der Waals surface area (Å²) in [5, 5.41) is 21.8. The van der Waals surface area contributed by atoms with Crippen LogP contribution in [-0.4, -0.2) is 35.8 Å². The van der Waals surface area contributed by atoms with Crippen molar-refractivity contribution < 1.29 is 29.0 Å². The average Bonchev–Trinajstić information content (AvgIpc) is 3.29. The van der Waals surface area contributed by atoms with Crippen LogP contribution in [0.25, 0.3) is 0 Å². The predicted octanol–water partition coefficient (Wildman–Crippen LogP) is 2.71. The molecule has 8 heteroatoms. The zero-order valence-corrected chi connectivity index (χ0v) is 14.7. The highest BCUT2D eigenvalue weighted by Gasteiger charge is 2.34. The molecular formula is C19H19NO7. The van der Waals surface area contributed by atoms with Gasteiger partial charge in [-0.1, -0.05) is 0 Å². The molecule has 2 aromatic carbocycles. The van der Waals surface area contributed by atoms with Gasteiger partial charge in [-0.2, -0.15) is 0 Å². The lowest BCUT2D eigenvalue weighted by atomic mass is 9.92. The Morgan fingerprint density at radius 3 is 2.41 bits per heavy atom. The minimum atomic E-state index is -0.986. The standard InChI is InChI=1S/C19H19NO7/c1-19(26-6-7-27-19)10-13-8-16-17(25-11-24-16)9-15(13)18(21)12-2-4-14(5-3-12)20(22)23/h2-5,8-9,18,21H,6-7,10-11H2,1H3. The van der Waals surface area contributed by atoms with E-state index in [2.05, 4.69) is 0 Å². The fourth-order valence-corrected chi connectivity index (χ4v) is 3.37. The van der Waals surface area contributed by atoms with Crippen molar-refractivity contribution in [2.45, 2.75) is 25.2 Å². The van der Waals surface area contributed by atoms with E-state index in [1.54, 1.807) is 18.2 Å². The van der Waals surface area contributed by atoms with Gasteiger partial charge < -0.3 is 24.1 Å². The Bertz CT molecular complexity index is 859. The summed E-state index contributed by atoms with van der Waals surface area (Å²) in [6.45, 7) is 3.01. The van der Waals surface area contributed by atoms with Gasteiger partial charge in [0.25, 0.3) is 5.69 Å². The van der Waals surface area contributed by atoms with Crippen LogP contribution in [0.1, 0.15) is 29.7 Å². The molecule has 0 spiro atoms. The number of non-ortho nitro benzene ring substituents is 1. The Hall–Kier alpha value is -2.68. The molecule has 1 N–H and O–H groups in total. The summed E-state index contributed by atoms with van der Waals surface area (Å²) in [7, 11) is 0. The van der Waals surface area contributed by atoms with Gasteiger partial charge in [0.05, 0.1) is 18.1 Å². The highest BCUT2D eigenvalue weighted by atomic mass is 16.7. The number of aliphatic hydroxyl groups excluding tert-OH is 1. The van der Waals surface area contributed by atoms with Gasteiger partial charge in [-0.25, -0.2) is 0 Å². The molecule has 2 aliphatic heterocycles. The lowest BCUT2D eigenvalue weighted by molar-refractivity contribution is -0.384. The maximum Gasteiger partial charge on any atom is 0.269 e. The van der Waals surface area contributed by atoms with Crippen molar-refractivity contribution in [1.29, 1.82) is 0 Å². The SMILES string of the molecule is CC1(Cc2cc3c(cc2C(O)c2ccc([N+](=O)[O-])cc2)OCO3)OCCO1. The molecule has 2 aliphatic rings. The predicted molar refractivity (Wildman–Crippen MR) is 93.7 cm³/mol. The first-order chi connectivity index (χ1) is 13.0. The Morgan fingerprint density at radius 1 is 1.15 bits per heavy atom. The van der Waals surface area contributed by atoms with Gasteiger partial charge in [-0.3, -0.25) is 10.1 Å². The van der Waals surface area contributed by atoms with Crippen LogP contribution in [0.4, 0.5) is 5.69 Å². The number of hydrogen-bond donors (Lipinski definition) is 1. The maximum atomic E-state index is 10.9. The largest absolute Gasteiger partial charge is 0.454 e. The fourth-order valence-electron chi connectivity index (χ4n) is 3.37. The number of fused-ring (bicyclic) bond motifs is 1. The normalized spacial score (nSPS) is 18.4. The molecule has 0 amide bonds. The highest BCUT2D eigenvalue weighted by Crippen LogP contribution is 2.40. The number of nitro benzene ring substituents is 1. The van der Waals surface area contributed by atoms with E-state index in [-0.39, 0.29) is 12.5 Å². The van der Waals surface area contributed by atoms with Gasteiger partial charge in [0, 0.05) is 18.6 Å². The van der Waals surface area contributed by atoms with Gasteiger partial charge >= 0.3 is 0 Å². The molecule has 0 aromatic heterocycles. The summed E-state index contributed by atoms with van der Waals surface area (Å²) in [6, 6.07) is 9.39. The number of benzene rings is 2. The molecule has 0 saturated carbocycles. The smallest absolute Gasteiger partial charge is 0.269 e. The van der Waals surface area contributed by atoms with E-state index in [1.165, 1.54) is 12.1 Å².